The van der Waals surface area contributed by atoms with Crippen LogP contribution in [0.3, 0.4) is 0 Å². The zero-order valence-electron chi connectivity index (χ0n) is 10.6. The molecule has 0 bridgehead atoms. The van der Waals surface area contributed by atoms with E-state index in [1.165, 1.54) is 6.07 Å². The van der Waals surface area contributed by atoms with E-state index in [9.17, 15) is 13.5 Å². The second kappa shape index (κ2) is 6.85. The van der Waals surface area contributed by atoms with Crippen LogP contribution in [0.5, 0.6) is 0 Å². The fourth-order valence-corrected chi connectivity index (χ4v) is 3.02. The van der Waals surface area contributed by atoms with E-state index in [1.54, 1.807) is 6.92 Å². The molecule has 108 valence electrons. The summed E-state index contributed by atoms with van der Waals surface area (Å²) >= 11 is 11.4. The highest BCUT2D eigenvalue weighted by Gasteiger charge is 2.17. The van der Waals surface area contributed by atoms with Gasteiger partial charge in [0.25, 0.3) is 0 Å². The molecule has 8 heteroatoms. The van der Waals surface area contributed by atoms with Gasteiger partial charge in [-0.15, -0.1) is 0 Å². The average molecular weight is 327 g/mol. The van der Waals surface area contributed by atoms with Crippen molar-refractivity contribution in [2.75, 3.05) is 6.54 Å². The highest BCUT2D eigenvalue weighted by atomic mass is 35.5. The molecule has 1 heterocycles. The third-order valence-corrected chi connectivity index (χ3v) is 4.52. The lowest BCUT2D eigenvalue weighted by molar-refractivity contribution is 0.165. The number of aliphatic hydroxyl groups excluding tert-OH is 1. The van der Waals surface area contributed by atoms with Crippen LogP contribution >= 0.6 is 23.2 Å². The molecule has 2 unspecified atom stereocenters. The first-order chi connectivity index (χ1) is 8.72. The lowest BCUT2D eigenvalue weighted by atomic mass is 10.1. The number of aliphatic hydroxyl groups is 1. The van der Waals surface area contributed by atoms with E-state index < -0.39 is 16.1 Å². The van der Waals surface area contributed by atoms with Gasteiger partial charge in [-0.25, -0.2) is 18.1 Å². The molecule has 1 aromatic heterocycles. The Balaban J connectivity index is 2.73. The van der Waals surface area contributed by atoms with E-state index in [0.29, 0.717) is 6.42 Å². The molecule has 0 aliphatic carbocycles. The lowest BCUT2D eigenvalue weighted by Gasteiger charge is -2.14. The van der Waals surface area contributed by atoms with Crippen LogP contribution in [-0.4, -0.2) is 31.2 Å². The maximum absolute atomic E-state index is 12.0. The molecule has 0 aromatic carbocycles. The van der Waals surface area contributed by atoms with Gasteiger partial charge in [-0.3, -0.25) is 0 Å². The minimum absolute atomic E-state index is 0.0190. The molecule has 0 spiro atoms. The Morgan fingerprint density at radius 2 is 2.05 bits per heavy atom. The fourth-order valence-electron chi connectivity index (χ4n) is 1.55. The molecule has 0 fully saturated rings. The Morgan fingerprint density at radius 1 is 1.42 bits per heavy atom. The molecular formula is C11H16Cl2N2O3S. The first-order valence-corrected chi connectivity index (χ1v) is 7.95. The second-order valence-corrected chi connectivity index (χ2v) is 7.02. The molecule has 19 heavy (non-hydrogen) atoms. The third kappa shape index (κ3) is 5.24. The van der Waals surface area contributed by atoms with Crippen LogP contribution in [0.4, 0.5) is 0 Å². The zero-order valence-corrected chi connectivity index (χ0v) is 12.9. The summed E-state index contributed by atoms with van der Waals surface area (Å²) in [6.07, 6.45) is 1.20. The molecule has 0 aliphatic heterocycles. The monoisotopic (exact) mass is 326 g/mol. The van der Waals surface area contributed by atoms with E-state index >= 15 is 0 Å². The van der Waals surface area contributed by atoms with E-state index in [-0.39, 0.29) is 27.5 Å². The van der Waals surface area contributed by atoms with Crippen LogP contribution in [0.1, 0.15) is 20.3 Å². The van der Waals surface area contributed by atoms with Gasteiger partial charge in [-0.2, -0.15) is 0 Å². The predicted octanol–water partition coefficient (Wildman–Crippen LogP) is 2.07. The van der Waals surface area contributed by atoms with Crippen molar-refractivity contribution in [1.29, 1.82) is 0 Å². The van der Waals surface area contributed by atoms with Crippen LogP contribution in [0, 0.1) is 5.92 Å². The second-order valence-electron chi connectivity index (χ2n) is 4.49. The SMILES string of the molecule is CC(O)CC(C)CNS(=O)(=O)c1cnc(Cl)c(Cl)c1. The molecule has 0 saturated heterocycles. The third-order valence-electron chi connectivity index (χ3n) is 2.45. The molecule has 0 amide bonds. The predicted molar refractivity (Wildman–Crippen MR) is 74.9 cm³/mol. The number of hydrogen-bond donors (Lipinski definition) is 2. The minimum atomic E-state index is -3.67. The summed E-state index contributed by atoms with van der Waals surface area (Å²) < 4.78 is 26.4. The molecule has 0 aliphatic rings. The van der Waals surface area contributed by atoms with Crippen molar-refractivity contribution in [3.05, 3.63) is 22.4 Å². The zero-order chi connectivity index (χ0) is 14.6. The molecule has 0 saturated carbocycles. The topological polar surface area (TPSA) is 79.3 Å². The van der Waals surface area contributed by atoms with Crippen molar-refractivity contribution in [1.82, 2.24) is 9.71 Å². The standard InChI is InChI=1S/C11H16Cl2N2O3S/c1-7(3-8(2)16)5-15-19(17,18)9-4-10(12)11(13)14-6-9/h4,6-8,15-16H,3,5H2,1-2H3. The molecule has 2 atom stereocenters. The van der Waals surface area contributed by atoms with Crippen molar-refractivity contribution < 1.29 is 13.5 Å². The fraction of sp³-hybridized carbons (Fsp3) is 0.545. The normalized spacial score (nSPS) is 15.2. The highest BCUT2D eigenvalue weighted by Crippen LogP contribution is 2.22. The summed E-state index contributed by atoms with van der Waals surface area (Å²) in [6.45, 7) is 3.74. The molecule has 5 nitrogen and oxygen atoms in total. The number of nitrogens with zero attached hydrogens (tertiary/aromatic N) is 1. The summed E-state index contributed by atoms with van der Waals surface area (Å²) in [5, 5.41) is 9.36. The lowest BCUT2D eigenvalue weighted by Crippen LogP contribution is -2.29. The van der Waals surface area contributed by atoms with Crippen molar-refractivity contribution in [2.45, 2.75) is 31.3 Å². The molecule has 1 aromatic rings. The maximum Gasteiger partial charge on any atom is 0.242 e. The number of pyridine rings is 1. The Morgan fingerprint density at radius 3 is 2.58 bits per heavy atom. The van der Waals surface area contributed by atoms with Gasteiger partial charge in [0.1, 0.15) is 10.0 Å². The molecule has 0 radical (unpaired) electrons. The average Bonchev–Trinajstić information content (AvgIpc) is 2.29. The van der Waals surface area contributed by atoms with E-state index in [2.05, 4.69) is 9.71 Å². The van der Waals surface area contributed by atoms with Crippen LogP contribution in [0.2, 0.25) is 10.2 Å². The highest BCUT2D eigenvalue weighted by molar-refractivity contribution is 7.89. The molecular weight excluding hydrogens is 311 g/mol. The molecule has 2 N–H and O–H groups in total. The first kappa shape index (κ1) is 16.7. The number of rotatable bonds is 6. The molecule has 1 rings (SSSR count). The van der Waals surface area contributed by atoms with Gasteiger partial charge in [0, 0.05) is 12.7 Å². The Bertz CT molecular complexity index is 535. The van der Waals surface area contributed by atoms with E-state index in [4.69, 9.17) is 23.2 Å². The van der Waals surface area contributed by atoms with Crippen molar-refractivity contribution >= 4 is 33.2 Å². The van der Waals surface area contributed by atoms with Crippen LogP contribution in [0.25, 0.3) is 0 Å². The quantitative estimate of drug-likeness (QED) is 0.784. The van der Waals surface area contributed by atoms with Gasteiger partial charge >= 0.3 is 0 Å². The number of nitrogens with one attached hydrogen (secondary N) is 1. The Labute approximate surface area is 123 Å². The number of aromatic nitrogens is 1. The van der Waals surface area contributed by atoms with E-state index in [1.807, 2.05) is 6.92 Å². The van der Waals surface area contributed by atoms with Crippen LogP contribution < -0.4 is 4.72 Å². The van der Waals surface area contributed by atoms with Gasteiger partial charge in [0.05, 0.1) is 11.1 Å². The van der Waals surface area contributed by atoms with Gasteiger partial charge in [0.2, 0.25) is 10.0 Å². The Kier molecular flexibility index (Phi) is 6.01. The summed E-state index contributed by atoms with van der Waals surface area (Å²) in [5.74, 6) is 0.0190. The smallest absolute Gasteiger partial charge is 0.242 e. The largest absolute Gasteiger partial charge is 0.393 e. The number of halogens is 2. The van der Waals surface area contributed by atoms with Gasteiger partial charge in [0.15, 0.2) is 0 Å². The van der Waals surface area contributed by atoms with Gasteiger partial charge in [-0.05, 0) is 25.3 Å². The van der Waals surface area contributed by atoms with Gasteiger partial charge in [-0.1, -0.05) is 30.1 Å². The van der Waals surface area contributed by atoms with Crippen LogP contribution in [0.15, 0.2) is 17.2 Å². The van der Waals surface area contributed by atoms with E-state index in [0.717, 1.165) is 6.20 Å². The van der Waals surface area contributed by atoms with Crippen molar-refractivity contribution in [3.63, 3.8) is 0 Å². The summed E-state index contributed by atoms with van der Waals surface area (Å²) in [5.41, 5.74) is 0. The number of sulfonamides is 1. The van der Waals surface area contributed by atoms with Crippen molar-refractivity contribution in [3.8, 4) is 0 Å². The Hall–Kier alpha value is -0.400. The number of hydrogen-bond acceptors (Lipinski definition) is 4. The maximum atomic E-state index is 12.0. The van der Waals surface area contributed by atoms with Gasteiger partial charge < -0.3 is 5.11 Å². The van der Waals surface area contributed by atoms with Crippen LogP contribution in [-0.2, 0) is 10.0 Å². The minimum Gasteiger partial charge on any atom is -0.393 e. The summed E-state index contributed by atoms with van der Waals surface area (Å²) in [7, 11) is -3.67. The van der Waals surface area contributed by atoms with Crippen molar-refractivity contribution in [2.24, 2.45) is 5.92 Å². The summed E-state index contributed by atoms with van der Waals surface area (Å²) in [4.78, 5) is 3.66. The first-order valence-electron chi connectivity index (χ1n) is 5.71. The summed E-state index contributed by atoms with van der Waals surface area (Å²) in [6, 6.07) is 1.25.